The molecule has 0 saturated heterocycles. The Hall–Kier alpha value is -1.59. The van der Waals surface area contributed by atoms with Gasteiger partial charge in [-0.2, -0.15) is 0 Å². The lowest BCUT2D eigenvalue weighted by Gasteiger charge is -2.22. The lowest BCUT2D eigenvalue weighted by molar-refractivity contribution is 0.0686. The van der Waals surface area contributed by atoms with Crippen molar-refractivity contribution in [3.8, 4) is 0 Å². The van der Waals surface area contributed by atoms with Crippen molar-refractivity contribution in [3.63, 3.8) is 0 Å². The normalized spacial score (nSPS) is 11.7. The van der Waals surface area contributed by atoms with Crippen molar-refractivity contribution in [2.75, 3.05) is 0 Å². The molecule has 0 heterocycles. The quantitative estimate of drug-likeness (QED) is 0.472. The summed E-state index contributed by atoms with van der Waals surface area (Å²) in [5.74, 6) is -9.52. The maximum atomic E-state index is 13.5. The van der Waals surface area contributed by atoms with Gasteiger partial charge in [0, 0.05) is 5.56 Å². The van der Waals surface area contributed by atoms with E-state index < -0.39 is 45.8 Å². The third kappa shape index (κ3) is 2.11. The summed E-state index contributed by atoms with van der Waals surface area (Å²) in [7, 11) is 0. The lowest BCUT2D eigenvalue weighted by atomic mass is 9.82. The molecule has 94 valence electrons. The van der Waals surface area contributed by atoms with Crippen LogP contribution in [-0.2, 0) is 5.41 Å². The number of carbonyl (C=O) groups is 1. The van der Waals surface area contributed by atoms with Gasteiger partial charge in [-0.3, -0.25) is 0 Å². The molecule has 0 saturated carbocycles. The average Bonchev–Trinajstić information content (AvgIpc) is 2.17. The van der Waals surface area contributed by atoms with Crippen molar-refractivity contribution in [2.45, 2.75) is 26.2 Å². The minimum absolute atomic E-state index is 0.693. The number of halogens is 4. The molecule has 0 aliphatic carbocycles. The zero-order valence-electron chi connectivity index (χ0n) is 9.37. The summed E-state index contributed by atoms with van der Waals surface area (Å²) < 4.78 is 52.8. The second-order valence-corrected chi connectivity index (χ2v) is 4.56. The Labute approximate surface area is 94.9 Å². The van der Waals surface area contributed by atoms with Crippen LogP contribution in [0.3, 0.4) is 0 Å². The third-order valence-electron chi connectivity index (χ3n) is 2.23. The van der Waals surface area contributed by atoms with Crippen molar-refractivity contribution in [2.24, 2.45) is 0 Å². The Kier molecular flexibility index (Phi) is 3.18. The Balaban J connectivity index is 3.86. The maximum absolute atomic E-state index is 13.5. The van der Waals surface area contributed by atoms with E-state index in [1.54, 1.807) is 0 Å². The van der Waals surface area contributed by atoms with E-state index in [9.17, 15) is 22.4 Å². The van der Waals surface area contributed by atoms with E-state index in [-0.39, 0.29) is 0 Å². The van der Waals surface area contributed by atoms with Gasteiger partial charge >= 0.3 is 5.97 Å². The number of carboxylic acid groups (broad SMARTS) is 1. The summed E-state index contributed by atoms with van der Waals surface area (Å²) in [6.45, 7) is 4.11. The number of hydrogen-bond acceptors (Lipinski definition) is 1. The van der Waals surface area contributed by atoms with Crippen molar-refractivity contribution in [1.29, 1.82) is 0 Å². The second-order valence-electron chi connectivity index (χ2n) is 4.56. The standard InChI is InChI=1S/C11H10F4O2/c1-11(2,3)5-4(10(16)17)6(12)8(14)9(15)7(5)13/h1-3H3,(H,16,17). The predicted octanol–water partition coefficient (Wildman–Crippen LogP) is 3.24. The summed E-state index contributed by atoms with van der Waals surface area (Å²) in [6, 6.07) is 0. The fraction of sp³-hybridized carbons (Fsp3) is 0.364. The van der Waals surface area contributed by atoms with Crippen molar-refractivity contribution < 1.29 is 27.5 Å². The fourth-order valence-electron chi connectivity index (χ4n) is 1.54. The highest BCUT2D eigenvalue weighted by Gasteiger charge is 2.34. The van der Waals surface area contributed by atoms with Crippen LogP contribution in [0.4, 0.5) is 17.6 Å². The molecule has 0 radical (unpaired) electrons. The summed E-state index contributed by atoms with van der Waals surface area (Å²) in [5, 5.41) is 8.75. The molecule has 0 aliphatic heterocycles. The summed E-state index contributed by atoms with van der Waals surface area (Å²) in [4.78, 5) is 10.8. The van der Waals surface area contributed by atoms with Gasteiger partial charge in [0.15, 0.2) is 23.3 Å². The summed E-state index contributed by atoms with van der Waals surface area (Å²) in [5.41, 5.74) is -3.04. The van der Waals surface area contributed by atoms with Gasteiger partial charge in [0.05, 0.1) is 0 Å². The van der Waals surface area contributed by atoms with E-state index in [2.05, 4.69) is 0 Å². The molecule has 0 amide bonds. The molecule has 0 aromatic heterocycles. The van der Waals surface area contributed by atoms with Gasteiger partial charge < -0.3 is 5.11 Å². The number of carboxylic acids is 1. The first-order valence-corrected chi connectivity index (χ1v) is 4.68. The topological polar surface area (TPSA) is 37.3 Å². The summed E-state index contributed by atoms with van der Waals surface area (Å²) >= 11 is 0. The van der Waals surface area contributed by atoms with Crippen molar-refractivity contribution in [1.82, 2.24) is 0 Å². The van der Waals surface area contributed by atoms with Crippen LogP contribution in [0.2, 0.25) is 0 Å². The number of aromatic carboxylic acids is 1. The third-order valence-corrected chi connectivity index (χ3v) is 2.23. The molecule has 0 fully saturated rings. The zero-order chi connectivity index (χ0) is 13.5. The molecule has 0 bridgehead atoms. The van der Waals surface area contributed by atoms with Crippen LogP contribution in [0.15, 0.2) is 0 Å². The first-order valence-electron chi connectivity index (χ1n) is 4.68. The Morgan fingerprint density at radius 1 is 0.941 bits per heavy atom. The molecule has 17 heavy (non-hydrogen) atoms. The molecule has 0 atom stereocenters. The van der Waals surface area contributed by atoms with Gasteiger partial charge in [-0.05, 0) is 5.41 Å². The van der Waals surface area contributed by atoms with Crippen LogP contribution in [0.25, 0.3) is 0 Å². The van der Waals surface area contributed by atoms with Gasteiger partial charge in [-0.15, -0.1) is 0 Å². The molecule has 6 heteroatoms. The lowest BCUT2D eigenvalue weighted by Crippen LogP contribution is -2.23. The molecule has 1 aromatic carbocycles. The Morgan fingerprint density at radius 3 is 1.71 bits per heavy atom. The Bertz CT molecular complexity index is 489. The van der Waals surface area contributed by atoms with E-state index in [1.807, 2.05) is 0 Å². The monoisotopic (exact) mass is 250 g/mol. The smallest absolute Gasteiger partial charge is 0.339 e. The minimum Gasteiger partial charge on any atom is -0.478 e. The molecule has 0 aliphatic rings. The Morgan fingerprint density at radius 2 is 1.35 bits per heavy atom. The molecular formula is C11H10F4O2. The van der Waals surface area contributed by atoms with Crippen LogP contribution in [0.5, 0.6) is 0 Å². The molecule has 1 rings (SSSR count). The second kappa shape index (κ2) is 4.01. The van der Waals surface area contributed by atoms with E-state index in [1.165, 1.54) is 20.8 Å². The number of benzene rings is 1. The van der Waals surface area contributed by atoms with Crippen LogP contribution in [0, 0.1) is 23.3 Å². The van der Waals surface area contributed by atoms with E-state index in [4.69, 9.17) is 5.11 Å². The van der Waals surface area contributed by atoms with Crippen LogP contribution in [0.1, 0.15) is 36.7 Å². The number of hydrogen-bond donors (Lipinski definition) is 1. The largest absolute Gasteiger partial charge is 0.478 e. The first-order chi connectivity index (χ1) is 7.59. The SMILES string of the molecule is CC(C)(C)c1c(F)c(F)c(F)c(F)c1C(=O)O. The fourth-order valence-corrected chi connectivity index (χ4v) is 1.54. The zero-order valence-corrected chi connectivity index (χ0v) is 9.37. The van der Waals surface area contributed by atoms with Crippen LogP contribution >= 0.6 is 0 Å². The van der Waals surface area contributed by atoms with Gasteiger partial charge in [0.25, 0.3) is 0 Å². The van der Waals surface area contributed by atoms with Crippen molar-refractivity contribution >= 4 is 5.97 Å². The molecule has 2 nitrogen and oxygen atoms in total. The van der Waals surface area contributed by atoms with Crippen molar-refractivity contribution in [3.05, 3.63) is 34.4 Å². The highest BCUT2D eigenvalue weighted by atomic mass is 19.2. The average molecular weight is 250 g/mol. The highest BCUT2D eigenvalue weighted by Crippen LogP contribution is 2.33. The van der Waals surface area contributed by atoms with E-state index in [0.717, 1.165) is 0 Å². The molecule has 0 spiro atoms. The molecular weight excluding hydrogens is 240 g/mol. The highest BCUT2D eigenvalue weighted by molar-refractivity contribution is 5.90. The van der Waals surface area contributed by atoms with Crippen LogP contribution < -0.4 is 0 Å². The molecule has 1 N–H and O–H groups in total. The summed E-state index contributed by atoms with van der Waals surface area (Å²) in [6.07, 6.45) is 0. The van der Waals surface area contributed by atoms with Gasteiger partial charge in [0.2, 0.25) is 0 Å². The maximum Gasteiger partial charge on any atom is 0.339 e. The van der Waals surface area contributed by atoms with Crippen LogP contribution in [-0.4, -0.2) is 11.1 Å². The molecule has 0 unspecified atom stereocenters. The first kappa shape index (κ1) is 13.5. The van der Waals surface area contributed by atoms with E-state index in [0.29, 0.717) is 0 Å². The van der Waals surface area contributed by atoms with Gasteiger partial charge in [0.1, 0.15) is 5.56 Å². The van der Waals surface area contributed by atoms with Gasteiger partial charge in [-0.25, -0.2) is 22.4 Å². The minimum atomic E-state index is -2.12. The predicted molar refractivity (Wildman–Crippen MR) is 51.9 cm³/mol. The van der Waals surface area contributed by atoms with Gasteiger partial charge in [-0.1, -0.05) is 20.8 Å². The number of rotatable bonds is 1. The molecule has 1 aromatic rings. The van der Waals surface area contributed by atoms with E-state index >= 15 is 0 Å².